The van der Waals surface area contributed by atoms with E-state index < -0.39 is 30.5 Å². The molecule has 0 bridgehead atoms. The van der Waals surface area contributed by atoms with Gasteiger partial charge in [0.25, 0.3) is 0 Å². The van der Waals surface area contributed by atoms with Crippen LogP contribution in [-0.4, -0.2) is 65.4 Å². The highest BCUT2D eigenvalue weighted by molar-refractivity contribution is 5.57. The summed E-state index contributed by atoms with van der Waals surface area (Å²) in [7, 11) is 0. The summed E-state index contributed by atoms with van der Waals surface area (Å²) in [6, 6.07) is 11.3. The van der Waals surface area contributed by atoms with E-state index in [-0.39, 0.29) is 23.6 Å². The summed E-state index contributed by atoms with van der Waals surface area (Å²) in [5.41, 5.74) is 0.852. The van der Waals surface area contributed by atoms with Gasteiger partial charge in [0.15, 0.2) is 12.4 Å². The molecule has 1 aliphatic heterocycles. The molecule has 1 aliphatic rings. The van der Waals surface area contributed by atoms with Crippen molar-refractivity contribution in [2.24, 2.45) is 5.92 Å². The van der Waals surface area contributed by atoms with Crippen molar-refractivity contribution in [2.45, 2.75) is 39.0 Å². The average molecular weight is 568 g/mol. The number of benzene rings is 2. The van der Waals surface area contributed by atoms with E-state index >= 15 is 0 Å². The zero-order valence-electron chi connectivity index (χ0n) is 22.3. The Morgan fingerprint density at radius 2 is 1.60 bits per heavy atom. The number of halogens is 6. The van der Waals surface area contributed by atoms with Crippen molar-refractivity contribution in [3.05, 3.63) is 65.5 Å². The molecular weight excluding hydrogens is 536 g/mol. The van der Waals surface area contributed by atoms with Crippen LogP contribution < -0.4 is 9.64 Å². The van der Waals surface area contributed by atoms with Crippen LogP contribution in [0.4, 0.5) is 32.0 Å². The molecule has 0 spiro atoms. The summed E-state index contributed by atoms with van der Waals surface area (Å²) in [4.78, 5) is 16.9. The predicted octanol–water partition coefficient (Wildman–Crippen LogP) is 6.26. The first-order valence-corrected chi connectivity index (χ1v) is 13.0. The van der Waals surface area contributed by atoms with Gasteiger partial charge in [0.05, 0.1) is 5.56 Å². The van der Waals surface area contributed by atoms with Crippen LogP contribution in [0.2, 0.25) is 0 Å². The van der Waals surface area contributed by atoms with E-state index in [0.717, 1.165) is 62.5 Å². The number of aromatic nitrogens is 3. The predicted molar refractivity (Wildman–Crippen MR) is 139 cm³/mol. The molecule has 1 aromatic heterocycles. The van der Waals surface area contributed by atoms with E-state index in [4.69, 9.17) is 4.74 Å². The molecule has 2 aromatic carbocycles. The van der Waals surface area contributed by atoms with E-state index in [1.165, 1.54) is 12.1 Å². The van der Waals surface area contributed by atoms with Gasteiger partial charge in [-0.15, -0.1) is 0 Å². The largest absolute Gasteiger partial charge is 0.454 e. The van der Waals surface area contributed by atoms with E-state index in [2.05, 4.69) is 38.6 Å². The van der Waals surface area contributed by atoms with Crippen LogP contribution in [0.1, 0.15) is 37.2 Å². The Labute approximate surface area is 229 Å². The summed E-state index contributed by atoms with van der Waals surface area (Å²) in [5.74, 6) is 0.524. The fourth-order valence-corrected chi connectivity index (χ4v) is 4.37. The maximum Gasteiger partial charge on any atom is 0.422 e. The number of rotatable bonds is 9. The number of anilines is 1. The topological polar surface area (TPSA) is 54.4 Å². The Kier molecular flexibility index (Phi) is 9.17. The highest BCUT2D eigenvalue weighted by atomic mass is 19.4. The van der Waals surface area contributed by atoms with Crippen molar-refractivity contribution < 1.29 is 31.1 Å². The SMILES string of the molecule is CC(C)CCN1CCN(c2cccc(Cc3nc(OCC(F)(F)F)nc(-c4cccc(C(F)(F)F)c4)n3)c2)CC1. The Bertz CT molecular complexity index is 1270. The van der Waals surface area contributed by atoms with Crippen LogP contribution in [0.15, 0.2) is 48.5 Å². The first-order chi connectivity index (χ1) is 18.9. The number of ether oxygens (including phenoxy) is 1. The van der Waals surface area contributed by atoms with Gasteiger partial charge < -0.3 is 9.64 Å². The Balaban J connectivity index is 1.55. The molecule has 216 valence electrons. The molecule has 0 amide bonds. The van der Waals surface area contributed by atoms with E-state index in [1.807, 2.05) is 24.3 Å². The van der Waals surface area contributed by atoms with Crippen molar-refractivity contribution in [3.8, 4) is 17.4 Å². The number of alkyl halides is 6. The summed E-state index contributed by atoms with van der Waals surface area (Å²) >= 11 is 0. The lowest BCUT2D eigenvalue weighted by Gasteiger charge is -2.36. The standard InChI is InChI=1S/C28H31F6N5O/c1-19(2)9-10-38-11-13-39(14-12-38)23-8-3-5-20(15-23)16-24-35-25(37-26(36-24)40-18-27(29,30)31)21-6-4-7-22(17-21)28(32,33)34/h3-8,15,17,19H,9-14,16,18H2,1-2H3. The lowest BCUT2D eigenvalue weighted by atomic mass is 10.1. The van der Waals surface area contributed by atoms with E-state index in [1.54, 1.807) is 0 Å². The zero-order valence-corrected chi connectivity index (χ0v) is 22.3. The fourth-order valence-electron chi connectivity index (χ4n) is 4.37. The minimum atomic E-state index is -4.64. The molecule has 4 rings (SSSR count). The van der Waals surface area contributed by atoms with Gasteiger partial charge in [0.2, 0.25) is 0 Å². The Hall–Kier alpha value is -3.41. The molecule has 2 heterocycles. The molecule has 0 unspecified atom stereocenters. The van der Waals surface area contributed by atoms with Gasteiger partial charge in [-0.3, -0.25) is 4.90 Å². The normalized spacial score (nSPS) is 15.1. The average Bonchev–Trinajstić information content (AvgIpc) is 2.90. The van der Waals surface area contributed by atoms with Crippen molar-refractivity contribution in [1.29, 1.82) is 0 Å². The quantitative estimate of drug-likeness (QED) is 0.285. The summed E-state index contributed by atoms with van der Waals surface area (Å²) in [6.07, 6.45) is -7.98. The smallest absolute Gasteiger partial charge is 0.422 e. The minimum absolute atomic E-state index is 0.0144. The molecular formula is C28H31F6N5O. The number of hydrogen-bond acceptors (Lipinski definition) is 6. The van der Waals surface area contributed by atoms with Gasteiger partial charge in [-0.2, -0.15) is 36.3 Å². The molecule has 0 aliphatic carbocycles. The van der Waals surface area contributed by atoms with Crippen LogP contribution in [0.25, 0.3) is 11.4 Å². The van der Waals surface area contributed by atoms with Gasteiger partial charge in [-0.05, 0) is 48.7 Å². The lowest BCUT2D eigenvalue weighted by molar-refractivity contribution is -0.154. The Morgan fingerprint density at radius 3 is 2.27 bits per heavy atom. The second-order valence-corrected chi connectivity index (χ2v) is 10.2. The maximum atomic E-state index is 13.3. The summed E-state index contributed by atoms with van der Waals surface area (Å²) < 4.78 is 82.9. The molecule has 12 heteroatoms. The first kappa shape index (κ1) is 29.6. The molecule has 0 saturated carbocycles. The van der Waals surface area contributed by atoms with E-state index in [0.29, 0.717) is 5.92 Å². The second kappa shape index (κ2) is 12.4. The monoisotopic (exact) mass is 567 g/mol. The third kappa shape index (κ3) is 8.54. The molecule has 6 nitrogen and oxygen atoms in total. The van der Waals surface area contributed by atoms with Crippen LogP contribution >= 0.6 is 0 Å². The van der Waals surface area contributed by atoms with Crippen LogP contribution in [0, 0.1) is 5.92 Å². The minimum Gasteiger partial charge on any atom is -0.454 e. The van der Waals surface area contributed by atoms with E-state index in [9.17, 15) is 26.3 Å². The number of piperazine rings is 1. The van der Waals surface area contributed by atoms with Gasteiger partial charge in [-0.25, -0.2) is 4.98 Å². The molecule has 0 radical (unpaired) electrons. The zero-order chi connectivity index (χ0) is 28.9. The highest BCUT2D eigenvalue weighted by Crippen LogP contribution is 2.32. The second-order valence-electron chi connectivity index (χ2n) is 10.2. The molecule has 0 atom stereocenters. The van der Waals surface area contributed by atoms with Crippen LogP contribution in [0.3, 0.4) is 0 Å². The van der Waals surface area contributed by atoms with Crippen molar-refractivity contribution in [3.63, 3.8) is 0 Å². The molecule has 40 heavy (non-hydrogen) atoms. The van der Waals surface area contributed by atoms with Crippen LogP contribution in [0.5, 0.6) is 6.01 Å². The number of nitrogens with zero attached hydrogens (tertiary/aromatic N) is 5. The molecule has 0 N–H and O–H groups in total. The first-order valence-electron chi connectivity index (χ1n) is 13.0. The van der Waals surface area contributed by atoms with Gasteiger partial charge in [0.1, 0.15) is 5.82 Å². The van der Waals surface area contributed by atoms with Gasteiger partial charge in [-0.1, -0.05) is 38.1 Å². The molecule has 3 aromatic rings. The molecule has 1 fully saturated rings. The Morgan fingerprint density at radius 1 is 0.875 bits per heavy atom. The highest BCUT2D eigenvalue weighted by Gasteiger charge is 2.31. The van der Waals surface area contributed by atoms with Crippen molar-refractivity contribution in [2.75, 3.05) is 44.2 Å². The maximum absolute atomic E-state index is 13.3. The van der Waals surface area contributed by atoms with Crippen molar-refractivity contribution in [1.82, 2.24) is 19.9 Å². The van der Waals surface area contributed by atoms with Crippen molar-refractivity contribution >= 4 is 5.69 Å². The number of hydrogen-bond donors (Lipinski definition) is 0. The fraction of sp³-hybridized carbons (Fsp3) is 0.464. The third-order valence-corrected chi connectivity index (χ3v) is 6.51. The summed E-state index contributed by atoms with van der Waals surface area (Å²) in [5, 5.41) is 0. The van der Waals surface area contributed by atoms with Crippen LogP contribution in [-0.2, 0) is 12.6 Å². The summed E-state index contributed by atoms with van der Waals surface area (Å²) in [6.45, 7) is 7.47. The lowest BCUT2D eigenvalue weighted by Crippen LogP contribution is -2.46. The van der Waals surface area contributed by atoms with Gasteiger partial charge >= 0.3 is 18.4 Å². The third-order valence-electron chi connectivity index (χ3n) is 6.51. The van der Waals surface area contributed by atoms with Gasteiger partial charge in [0, 0.05) is 43.9 Å². The molecule has 1 saturated heterocycles.